The van der Waals surface area contributed by atoms with Crippen molar-refractivity contribution < 1.29 is 24.1 Å². The van der Waals surface area contributed by atoms with E-state index in [4.69, 9.17) is 14.2 Å². The molecule has 1 aliphatic rings. The molecule has 144 valence electrons. The lowest BCUT2D eigenvalue weighted by Gasteiger charge is -2.48. The minimum absolute atomic E-state index is 0.0345. The Balaban J connectivity index is 2.82. The number of esters is 1. The van der Waals surface area contributed by atoms with E-state index >= 15 is 0 Å². The van der Waals surface area contributed by atoms with Gasteiger partial charge in [-0.05, 0) is 33.6 Å². The van der Waals surface area contributed by atoms with Gasteiger partial charge in [0.2, 0.25) is 0 Å². The second-order valence-electron chi connectivity index (χ2n) is 8.34. The van der Waals surface area contributed by atoms with Gasteiger partial charge in [0.25, 0.3) is 0 Å². The van der Waals surface area contributed by atoms with Gasteiger partial charge in [0, 0.05) is 19.4 Å². The number of aliphatic hydroxyl groups excluding tert-OH is 1. The van der Waals surface area contributed by atoms with Crippen LogP contribution in [0.15, 0.2) is 0 Å². The normalized spacial score (nSPS) is 31.2. The van der Waals surface area contributed by atoms with Crippen molar-refractivity contribution in [3.8, 4) is 11.8 Å². The van der Waals surface area contributed by atoms with Crippen LogP contribution in [-0.4, -0.2) is 42.8 Å². The van der Waals surface area contributed by atoms with Crippen molar-refractivity contribution in [1.29, 1.82) is 0 Å². The van der Waals surface area contributed by atoms with Gasteiger partial charge in [-0.2, -0.15) is 0 Å². The average Bonchev–Trinajstić information content (AvgIpc) is 2.52. The molecule has 1 saturated heterocycles. The standard InChI is InChI=1S/C20H34O5/c1-13(2)17-15(4)16(21)12-20(23-8,25-17)14(3)10-9-11-24-18(22)19(5,6)7/h13-17,21H,11-12H2,1-8H3/t14-,15-,16+,17+,20+/m0/s1. The van der Waals surface area contributed by atoms with Crippen LogP contribution in [0.25, 0.3) is 0 Å². The summed E-state index contributed by atoms with van der Waals surface area (Å²) in [5.41, 5.74) is -0.543. The van der Waals surface area contributed by atoms with E-state index in [-0.39, 0.29) is 36.4 Å². The molecule has 1 aliphatic heterocycles. The first kappa shape index (κ1) is 22.0. The Morgan fingerprint density at radius 3 is 2.44 bits per heavy atom. The zero-order chi connectivity index (χ0) is 19.4. The maximum atomic E-state index is 11.8. The summed E-state index contributed by atoms with van der Waals surface area (Å²) in [4.78, 5) is 11.8. The van der Waals surface area contributed by atoms with Gasteiger partial charge < -0.3 is 19.3 Å². The minimum Gasteiger partial charge on any atom is -0.452 e. The van der Waals surface area contributed by atoms with Crippen LogP contribution in [0.3, 0.4) is 0 Å². The van der Waals surface area contributed by atoms with E-state index in [9.17, 15) is 9.90 Å². The fourth-order valence-corrected chi connectivity index (χ4v) is 3.04. The number of carbonyl (C=O) groups excluding carboxylic acids is 1. The van der Waals surface area contributed by atoms with Gasteiger partial charge in [-0.1, -0.05) is 32.6 Å². The molecule has 0 spiro atoms. The van der Waals surface area contributed by atoms with E-state index in [2.05, 4.69) is 25.7 Å². The summed E-state index contributed by atoms with van der Waals surface area (Å²) in [6.45, 7) is 13.5. The molecule has 0 radical (unpaired) electrons. The molecule has 25 heavy (non-hydrogen) atoms. The summed E-state index contributed by atoms with van der Waals surface area (Å²) in [7, 11) is 1.58. The number of rotatable bonds is 4. The van der Waals surface area contributed by atoms with E-state index in [1.54, 1.807) is 27.9 Å². The lowest BCUT2D eigenvalue weighted by atomic mass is 9.80. The van der Waals surface area contributed by atoms with Crippen LogP contribution < -0.4 is 0 Å². The third-order valence-electron chi connectivity index (χ3n) is 4.82. The number of ether oxygens (including phenoxy) is 3. The summed E-state index contributed by atoms with van der Waals surface area (Å²) in [5.74, 6) is 4.72. The predicted molar refractivity (Wildman–Crippen MR) is 96.6 cm³/mol. The van der Waals surface area contributed by atoms with Gasteiger partial charge in [0.1, 0.15) is 0 Å². The third kappa shape index (κ3) is 5.44. The molecule has 1 fully saturated rings. The van der Waals surface area contributed by atoms with Crippen LogP contribution in [0.5, 0.6) is 0 Å². The molecular weight excluding hydrogens is 320 g/mol. The van der Waals surface area contributed by atoms with Crippen LogP contribution in [0.1, 0.15) is 54.9 Å². The molecule has 0 bridgehead atoms. The Labute approximate surface area is 152 Å². The monoisotopic (exact) mass is 354 g/mol. The molecule has 5 atom stereocenters. The van der Waals surface area contributed by atoms with Gasteiger partial charge in [-0.15, -0.1) is 0 Å². The van der Waals surface area contributed by atoms with Gasteiger partial charge in [-0.3, -0.25) is 4.79 Å². The van der Waals surface area contributed by atoms with Crippen LogP contribution in [0, 0.1) is 35.0 Å². The summed E-state index contributed by atoms with van der Waals surface area (Å²) in [6, 6.07) is 0. The maximum absolute atomic E-state index is 11.8. The minimum atomic E-state index is -0.956. The fourth-order valence-electron chi connectivity index (χ4n) is 3.04. The number of hydrogen-bond acceptors (Lipinski definition) is 5. The molecule has 1 N–H and O–H groups in total. The van der Waals surface area contributed by atoms with Crippen LogP contribution >= 0.6 is 0 Å². The summed E-state index contributed by atoms with van der Waals surface area (Å²) >= 11 is 0. The molecule has 0 aromatic carbocycles. The Hall–Kier alpha value is -1.09. The first-order chi connectivity index (χ1) is 11.4. The van der Waals surface area contributed by atoms with Crippen molar-refractivity contribution in [2.75, 3.05) is 13.7 Å². The third-order valence-corrected chi connectivity index (χ3v) is 4.82. The van der Waals surface area contributed by atoms with E-state index in [1.807, 2.05) is 13.8 Å². The maximum Gasteiger partial charge on any atom is 0.312 e. The first-order valence-corrected chi connectivity index (χ1v) is 9.01. The Morgan fingerprint density at radius 2 is 1.96 bits per heavy atom. The molecule has 5 heteroatoms. The molecule has 0 unspecified atom stereocenters. The van der Waals surface area contributed by atoms with Crippen LogP contribution in [-0.2, 0) is 19.0 Å². The van der Waals surface area contributed by atoms with Crippen LogP contribution in [0.4, 0.5) is 0 Å². The summed E-state index contributed by atoms with van der Waals surface area (Å²) in [6.07, 6.45) is -0.248. The molecule has 0 amide bonds. The number of hydrogen-bond donors (Lipinski definition) is 1. The number of aliphatic hydroxyl groups is 1. The Bertz CT molecular complexity index is 510. The van der Waals surface area contributed by atoms with Crippen molar-refractivity contribution in [3.63, 3.8) is 0 Å². The van der Waals surface area contributed by atoms with E-state index in [1.165, 1.54) is 0 Å². The summed E-state index contributed by atoms with van der Waals surface area (Å²) < 4.78 is 17.1. The molecule has 0 saturated carbocycles. The van der Waals surface area contributed by atoms with Crippen molar-refractivity contribution in [2.45, 2.75) is 72.9 Å². The smallest absolute Gasteiger partial charge is 0.312 e. The topological polar surface area (TPSA) is 65.0 Å². The van der Waals surface area contributed by atoms with Gasteiger partial charge in [0.15, 0.2) is 12.4 Å². The van der Waals surface area contributed by atoms with Crippen molar-refractivity contribution in [1.82, 2.24) is 0 Å². The molecule has 1 rings (SSSR count). The average molecular weight is 354 g/mol. The molecular formula is C20H34O5. The first-order valence-electron chi connectivity index (χ1n) is 9.01. The van der Waals surface area contributed by atoms with Crippen molar-refractivity contribution >= 4 is 5.97 Å². The highest BCUT2D eigenvalue weighted by Gasteiger charge is 2.49. The predicted octanol–water partition coefficient (Wildman–Crippen LogP) is 3.00. The van der Waals surface area contributed by atoms with E-state index < -0.39 is 17.3 Å². The second kappa shape index (κ2) is 8.53. The Morgan fingerprint density at radius 1 is 1.36 bits per heavy atom. The lowest BCUT2D eigenvalue weighted by Crippen LogP contribution is -2.56. The second-order valence-corrected chi connectivity index (χ2v) is 8.34. The highest BCUT2D eigenvalue weighted by Crippen LogP contribution is 2.40. The fraction of sp³-hybridized carbons (Fsp3) is 0.850. The van der Waals surface area contributed by atoms with Crippen molar-refractivity contribution in [2.24, 2.45) is 23.2 Å². The Kier molecular flexibility index (Phi) is 7.49. The summed E-state index contributed by atoms with van der Waals surface area (Å²) in [5, 5.41) is 10.5. The molecule has 0 aliphatic carbocycles. The lowest BCUT2D eigenvalue weighted by molar-refractivity contribution is -0.319. The van der Waals surface area contributed by atoms with Gasteiger partial charge in [-0.25, -0.2) is 0 Å². The number of methoxy groups -OCH3 is 1. The van der Waals surface area contributed by atoms with Crippen LogP contribution in [0.2, 0.25) is 0 Å². The van der Waals surface area contributed by atoms with Gasteiger partial charge in [0.05, 0.1) is 23.5 Å². The molecule has 1 heterocycles. The largest absolute Gasteiger partial charge is 0.452 e. The van der Waals surface area contributed by atoms with Gasteiger partial charge >= 0.3 is 5.97 Å². The van der Waals surface area contributed by atoms with E-state index in [0.29, 0.717) is 6.42 Å². The molecule has 0 aromatic rings. The van der Waals surface area contributed by atoms with E-state index in [0.717, 1.165) is 0 Å². The zero-order valence-electron chi connectivity index (χ0n) is 16.9. The molecule has 5 nitrogen and oxygen atoms in total. The highest BCUT2D eigenvalue weighted by atomic mass is 16.7. The highest BCUT2D eigenvalue weighted by molar-refractivity contribution is 5.75. The number of carbonyl (C=O) groups is 1. The molecule has 0 aromatic heterocycles. The quantitative estimate of drug-likeness (QED) is 0.621. The SMILES string of the molecule is CO[C@]1([C@@H](C)C#CCOC(=O)C(C)(C)C)C[C@@H](O)[C@H](C)[C@@H](C(C)C)O1. The zero-order valence-corrected chi connectivity index (χ0v) is 16.9. The van der Waals surface area contributed by atoms with Crippen molar-refractivity contribution in [3.05, 3.63) is 0 Å².